The molecule has 21 heavy (non-hydrogen) atoms. The Kier molecular flexibility index (Phi) is 5.48. The first-order valence-electron chi connectivity index (χ1n) is 7.47. The van der Waals surface area contributed by atoms with Crippen molar-refractivity contribution in [3.8, 4) is 0 Å². The van der Waals surface area contributed by atoms with Crippen molar-refractivity contribution in [3.05, 3.63) is 28.8 Å². The van der Waals surface area contributed by atoms with E-state index in [-0.39, 0.29) is 19.1 Å². The summed E-state index contributed by atoms with van der Waals surface area (Å²) in [7, 11) is 0. The minimum Gasteiger partial charge on any atom is -0.392 e. The molecule has 1 aliphatic rings. The normalized spacial score (nSPS) is 22.2. The summed E-state index contributed by atoms with van der Waals surface area (Å²) in [6.45, 7) is 4.39. The Labute approximate surface area is 131 Å². The molecule has 1 fully saturated rings. The number of likely N-dealkylation sites (tertiary alicyclic amines) is 1. The molecule has 2 N–H and O–H groups in total. The van der Waals surface area contributed by atoms with E-state index < -0.39 is 0 Å². The molecule has 0 radical (unpaired) electrons. The van der Waals surface area contributed by atoms with Crippen LogP contribution in [-0.2, 0) is 11.4 Å². The molecule has 2 rings (SSSR count). The lowest BCUT2D eigenvalue weighted by atomic mass is 9.97. The van der Waals surface area contributed by atoms with Gasteiger partial charge in [-0.15, -0.1) is 0 Å². The Morgan fingerprint density at radius 2 is 2.05 bits per heavy atom. The number of benzene rings is 1. The van der Waals surface area contributed by atoms with Crippen LogP contribution >= 0.6 is 11.6 Å². The molecule has 1 aromatic carbocycles. The number of hydrogen-bond acceptors (Lipinski definition) is 3. The Hall–Kier alpha value is -1.26. The molecule has 1 aromatic rings. The van der Waals surface area contributed by atoms with Crippen LogP contribution in [0.5, 0.6) is 0 Å². The maximum absolute atomic E-state index is 12.4. The smallest absolute Gasteiger partial charge is 0.242 e. The summed E-state index contributed by atoms with van der Waals surface area (Å²) >= 11 is 6.11. The van der Waals surface area contributed by atoms with E-state index in [9.17, 15) is 4.79 Å². The average molecular weight is 311 g/mol. The van der Waals surface area contributed by atoms with Gasteiger partial charge in [-0.25, -0.2) is 0 Å². The highest BCUT2D eigenvalue weighted by Gasteiger charge is 2.28. The number of halogens is 1. The zero-order chi connectivity index (χ0) is 15.4. The standard InChI is InChI=1S/C16H23ClN2O2/c1-11-4-3-5-12(2)19(11)16(21)9-18-15-8-13(10-20)6-7-14(15)17/h6-8,11-12,18,20H,3-5,9-10H2,1-2H3/t11-,12+. The van der Waals surface area contributed by atoms with Gasteiger partial charge in [0.25, 0.3) is 0 Å². The first-order chi connectivity index (χ1) is 10.0. The van der Waals surface area contributed by atoms with Crippen LogP contribution in [0.1, 0.15) is 38.7 Å². The van der Waals surface area contributed by atoms with Crippen LogP contribution < -0.4 is 5.32 Å². The van der Waals surface area contributed by atoms with Gasteiger partial charge >= 0.3 is 0 Å². The van der Waals surface area contributed by atoms with E-state index >= 15 is 0 Å². The molecule has 0 unspecified atom stereocenters. The SMILES string of the molecule is C[C@@H]1CCC[C@H](C)N1C(=O)CNc1cc(CO)ccc1Cl. The van der Waals surface area contributed by atoms with Gasteiger partial charge in [-0.2, -0.15) is 0 Å². The van der Waals surface area contributed by atoms with Crippen LogP contribution in [0.2, 0.25) is 5.02 Å². The molecule has 0 spiro atoms. The zero-order valence-electron chi connectivity index (χ0n) is 12.6. The molecule has 1 aliphatic heterocycles. The Morgan fingerprint density at radius 3 is 2.67 bits per heavy atom. The lowest BCUT2D eigenvalue weighted by molar-refractivity contribution is -0.135. The summed E-state index contributed by atoms with van der Waals surface area (Å²) in [4.78, 5) is 14.4. The van der Waals surface area contributed by atoms with Crippen molar-refractivity contribution < 1.29 is 9.90 Å². The third-order valence-electron chi connectivity index (χ3n) is 4.12. The quantitative estimate of drug-likeness (QED) is 0.899. The predicted octanol–water partition coefficient (Wildman–Crippen LogP) is 3.03. The van der Waals surface area contributed by atoms with Gasteiger partial charge in [-0.05, 0) is 50.8 Å². The molecular formula is C16H23ClN2O2. The number of nitrogens with one attached hydrogen (secondary N) is 1. The average Bonchev–Trinajstić information content (AvgIpc) is 2.46. The molecule has 0 aromatic heterocycles. The van der Waals surface area contributed by atoms with Gasteiger partial charge in [-0.3, -0.25) is 4.79 Å². The van der Waals surface area contributed by atoms with Crippen molar-refractivity contribution in [2.45, 2.75) is 51.8 Å². The molecule has 2 atom stereocenters. The monoisotopic (exact) mass is 310 g/mol. The Morgan fingerprint density at radius 1 is 1.38 bits per heavy atom. The highest BCUT2D eigenvalue weighted by Crippen LogP contribution is 2.25. The molecule has 1 heterocycles. The van der Waals surface area contributed by atoms with E-state index in [1.54, 1.807) is 18.2 Å². The van der Waals surface area contributed by atoms with E-state index in [0.717, 1.165) is 18.4 Å². The molecule has 116 valence electrons. The van der Waals surface area contributed by atoms with Crippen LogP contribution in [0.4, 0.5) is 5.69 Å². The van der Waals surface area contributed by atoms with E-state index in [4.69, 9.17) is 16.7 Å². The third kappa shape index (κ3) is 3.89. The van der Waals surface area contributed by atoms with Crippen LogP contribution in [-0.4, -0.2) is 34.5 Å². The lowest BCUT2D eigenvalue weighted by Gasteiger charge is -2.39. The zero-order valence-corrected chi connectivity index (χ0v) is 13.4. The van der Waals surface area contributed by atoms with Crippen molar-refractivity contribution >= 4 is 23.2 Å². The molecular weight excluding hydrogens is 288 g/mol. The summed E-state index contributed by atoms with van der Waals surface area (Å²) in [5.41, 5.74) is 1.46. The minimum absolute atomic E-state index is 0.0417. The fourth-order valence-electron chi connectivity index (χ4n) is 2.98. The second-order valence-electron chi connectivity index (χ2n) is 5.76. The number of anilines is 1. The maximum Gasteiger partial charge on any atom is 0.242 e. The molecule has 5 heteroatoms. The van der Waals surface area contributed by atoms with Crippen LogP contribution in [0.25, 0.3) is 0 Å². The van der Waals surface area contributed by atoms with E-state index in [2.05, 4.69) is 19.2 Å². The molecule has 1 amide bonds. The Bertz CT molecular complexity index is 497. The molecule has 4 nitrogen and oxygen atoms in total. The van der Waals surface area contributed by atoms with Crippen molar-refractivity contribution in [3.63, 3.8) is 0 Å². The van der Waals surface area contributed by atoms with Gasteiger partial charge in [0.05, 0.1) is 23.9 Å². The summed E-state index contributed by atoms with van der Waals surface area (Å²) in [5, 5.41) is 12.8. The Balaban J connectivity index is 2.00. The number of hydrogen-bond donors (Lipinski definition) is 2. The first kappa shape index (κ1) is 16.1. The summed E-state index contributed by atoms with van der Waals surface area (Å²) in [5.74, 6) is 0.0974. The summed E-state index contributed by atoms with van der Waals surface area (Å²) in [6, 6.07) is 5.86. The van der Waals surface area contributed by atoms with Gasteiger partial charge in [0.2, 0.25) is 5.91 Å². The van der Waals surface area contributed by atoms with Crippen LogP contribution in [0.3, 0.4) is 0 Å². The van der Waals surface area contributed by atoms with Gasteiger partial charge in [0.15, 0.2) is 0 Å². The number of nitrogens with zero attached hydrogens (tertiary/aromatic N) is 1. The van der Waals surface area contributed by atoms with Crippen LogP contribution in [0, 0.1) is 0 Å². The van der Waals surface area contributed by atoms with E-state index in [1.165, 1.54) is 6.42 Å². The second kappa shape index (κ2) is 7.14. The molecule has 0 saturated carbocycles. The summed E-state index contributed by atoms with van der Waals surface area (Å²) < 4.78 is 0. The second-order valence-corrected chi connectivity index (χ2v) is 6.16. The number of carbonyl (C=O) groups excluding carboxylic acids is 1. The van der Waals surface area contributed by atoms with Gasteiger partial charge in [-0.1, -0.05) is 17.7 Å². The van der Waals surface area contributed by atoms with Gasteiger partial charge in [0.1, 0.15) is 0 Å². The number of aliphatic hydroxyl groups is 1. The fourth-order valence-corrected chi connectivity index (χ4v) is 3.17. The topological polar surface area (TPSA) is 52.6 Å². The molecule has 0 bridgehead atoms. The third-order valence-corrected chi connectivity index (χ3v) is 4.45. The van der Waals surface area contributed by atoms with Crippen LogP contribution in [0.15, 0.2) is 18.2 Å². The number of carbonyl (C=O) groups is 1. The highest BCUT2D eigenvalue weighted by atomic mass is 35.5. The van der Waals surface area contributed by atoms with E-state index in [1.807, 2.05) is 4.90 Å². The lowest BCUT2D eigenvalue weighted by Crippen LogP contribution is -2.49. The van der Waals surface area contributed by atoms with E-state index in [0.29, 0.717) is 22.8 Å². The molecule has 1 saturated heterocycles. The first-order valence-corrected chi connectivity index (χ1v) is 7.85. The van der Waals surface area contributed by atoms with Gasteiger partial charge in [0, 0.05) is 12.1 Å². The maximum atomic E-state index is 12.4. The van der Waals surface area contributed by atoms with Crippen molar-refractivity contribution in [1.29, 1.82) is 0 Å². The number of piperidine rings is 1. The predicted molar refractivity (Wildman–Crippen MR) is 85.5 cm³/mol. The van der Waals surface area contributed by atoms with Gasteiger partial charge < -0.3 is 15.3 Å². The largest absolute Gasteiger partial charge is 0.392 e. The molecule has 0 aliphatic carbocycles. The van der Waals surface area contributed by atoms with Crippen molar-refractivity contribution in [2.24, 2.45) is 0 Å². The van der Waals surface area contributed by atoms with Crippen molar-refractivity contribution in [2.75, 3.05) is 11.9 Å². The fraction of sp³-hybridized carbons (Fsp3) is 0.562. The highest BCUT2D eigenvalue weighted by molar-refractivity contribution is 6.33. The minimum atomic E-state index is -0.0417. The summed E-state index contributed by atoms with van der Waals surface area (Å²) in [6.07, 6.45) is 3.32. The number of aliphatic hydroxyl groups excluding tert-OH is 1. The number of rotatable bonds is 4. The van der Waals surface area contributed by atoms with Crippen molar-refractivity contribution in [1.82, 2.24) is 4.90 Å². The number of amides is 1.